The molecular weight excluding hydrogens is 318 g/mol. The van der Waals surface area contributed by atoms with E-state index >= 15 is 0 Å². The summed E-state index contributed by atoms with van der Waals surface area (Å²) in [5.74, 6) is 0.236. The van der Waals surface area contributed by atoms with Crippen molar-refractivity contribution in [1.82, 2.24) is 14.9 Å². The molecule has 0 bridgehead atoms. The lowest BCUT2D eigenvalue weighted by Gasteiger charge is -2.33. The maximum Gasteiger partial charge on any atom is 0.410 e. The third-order valence-corrected chi connectivity index (χ3v) is 3.89. The second-order valence-corrected chi connectivity index (χ2v) is 7.23. The molecule has 2 rings (SSSR count). The molecule has 1 aromatic heterocycles. The van der Waals surface area contributed by atoms with Gasteiger partial charge in [-0.25, -0.2) is 9.78 Å². The first-order chi connectivity index (χ1) is 10.7. The van der Waals surface area contributed by atoms with E-state index in [1.165, 1.54) is 0 Å². The normalized spacial score (nSPS) is 18.7. The predicted molar refractivity (Wildman–Crippen MR) is 87.8 cm³/mol. The van der Waals surface area contributed by atoms with Crippen LogP contribution < -0.4 is 4.74 Å². The number of amides is 1. The number of aromatic nitrogens is 2. The van der Waals surface area contributed by atoms with Crippen LogP contribution in [-0.2, 0) is 4.74 Å². The van der Waals surface area contributed by atoms with Gasteiger partial charge in [0.1, 0.15) is 10.8 Å². The monoisotopic (exact) mass is 341 g/mol. The minimum absolute atomic E-state index is 0.236. The Morgan fingerprint density at radius 1 is 1.48 bits per heavy atom. The average molecular weight is 342 g/mol. The van der Waals surface area contributed by atoms with Crippen LogP contribution in [0.4, 0.5) is 4.79 Å². The van der Waals surface area contributed by atoms with Crippen LogP contribution in [0.5, 0.6) is 6.01 Å². The number of aryl methyl sites for hydroxylation is 1. The quantitative estimate of drug-likeness (QED) is 0.788. The zero-order chi connectivity index (χ0) is 17.0. The molecule has 0 unspecified atom stereocenters. The smallest absolute Gasteiger partial charge is 0.410 e. The van der Waals surface area contributed by atoms with Crippen molar-refractivity contribution in [2.45, 2.75) is 46.1 Å². The van der Waals surface area contributed by atoms with E-state index in [0.717, 1.165) is 24.9 Å². The lowest BCUT2D eigenvalue weighted by molar-refractivity contribution is 0.0137. The molecule has 23 heavy (non-hydrogen) atoms. The van der Waals surface area contributed by atoms with E-state index in [9.17, 15) is 4.79 Å². The Labute approximate surface area is 142 Å². The van der Waals surface area contributed by atoms with Gasteiger partial charge in [-0.15, -0.1) is 0 Å². The zero-order valence-corrected chi connectivity index (χ0v) is 14.9. The van der Waals surface area contributed by atoms with Crippen molar-refractivity contribution >= 4 is 17.7 Å². The number of ether oxygens (including phenoxy) is 2. The van der Waals surface area contributed by atoms with Gasteiger partial charge in [0.25, 0.3) is 0 Å². The number of hydrogen-bond donors (Lipinski definition) is 0. The van der Waals surface area contributed by atoms with Crippen LogP contribution in [-0.4, -0.2) is 46.3 Å². The van der Waals surface area contributed by atoms with Crippen molar-refractivity contribution in [1.29, 1.82) is 0 Å². The van der Waals surface area contributed by atoms with E-state index in [2.05, 4.69) is 9.97 Å². The summed E-state index contributed by atoms with van der Waals surface area (Å²) >= 11 is 5.96. The molecule has 1 aliphatic rings. The van der Waals surface area contributed by atoms with Crippen molar-refractivity contribution < 1.29 is 14.3 Å². The first-order valence-corrected chi connectivity index (χ1v) is 8.22. The van der Waals surface area contributed by atoms with E-state index in [4.69, 9.17) is 21.1 Å². The second-order valence-electron chi connectivity index (χ2n) is 6.87. The van der Waals surface area contributed by atoms with Crippen molar-refractivity contribution in [2.24, 2.45) is 5.92 Å². The van der Waals surface area contributed by atoms with Gasteiger partial charge in [-0.2, -0.15) is 4.98 Å². The molecule has 0 aliphatic carbocycles. The first kappa shape index (κ1) is 17.8. The van der Waals surface area contributed by atoms with Crippen LogP contribution in [0.2, 0.25) is 5.15 Å². The summed E-state index contributed by atoms with van der Waals surface area (Å²) in [6.45, 7) is 9.24. The Bertz CT molecular complexity index is 560. The molecule has 2 heterocycles. The van der Waals surface area contributed by atoms with Gasteiger partial charge in [-0.3, -0.25) is 0 Å². The van der Waals surface area contributed by atoms with Gasteiger partial charge in [-0.1, -0.05) is 11.6 Å². The summed E-state index contributed by atoms with van der Waals surface area (Å²) in [6.07, 6.45) is 3.30. The summed E-state index contributed by atoms with van der Waals surface area (Å²) < 4.78 is 11.0. The van der Waals surface area contributed by atoms with Gasteiger partial charge >= 0.3 is 12.1 Å². The Morgan fingerprint density at radius 3 is 2.87 bits per heavy atom. The SMILES string of the molecule is Cc1cnc(OC[C@@H]2CCCN(C(=O)OC(C)(C)C)C2)nc1Cl. The number of carbonyl (C=O) groups excluding carboxylic acids is 1. The van der Waals surface area contributed by atoms with Crippen LogP contribution in [0.3, 0.4) is 0 Å². The largest absolute Gasteiger partial charge is 0.463 e. The number of likely N-dealkylation sites (tertiary alicyclic amines) is 1. The summed E-state index contributed by atoms with van der Waals surface area (Å²) in [5.41, 5.74) is 0.334. The Kier molecular flexibility index (Phi) is 5.68. The summed E-state index contributed by atoms with van der Waals surface area (Å²) in [5, 5.41) is 0.397. The topological polar surface area (TPSA) is 64.5 Å². The molecule has 0 spiro atoms. The molecule has 1 amide bonds. The van der Waals surface area contributed by atoms with Gasteiger partial charge in [-0.05, 0) is 40.5 Å². The van der Waals surface area contributed by atoms with E-state index in [-0.39, 0.29) is 18.0 Å². The number of hydrogen-bond acceptors (Lipinski definition) is 5. The Balaban J connectivity index is 1.86. The highest BCUT2D eigenvalue weighted by Gasteiger charge is 2.28. The van der Waals surface area contributed by atoms with Gasteiger partial charge in [0.2, 0.25) is 0 Å². The lowest BCUT2D eigenvalue weighted by Crippen LogP contribution is -2.44. The van der Waals surface area contributed by atoms with Crippen molar-refractivity contribution in [2.75, 3.05) is 19.7 Å². The minimum atomic E-state index is -0.479. The Hall–Kier alpha value is -1.56. The number of nitrogens with zero attached hydrogens (tertiary/aromatic N) is 3. The van der Waals surface area contributed by atoms with Gasteiger partial charge in [0.05, 0.1) is 6.61 Å². The van der Waals surface area contributed by atoms with Crippen LogP contribution in [0.1, 0.15) is 39.2 Å². The molecule has 0 N–H and O–H groups in total. The second kappa shape index (κ2) is 7.34. The molecule has 6 nitrogen and oxygen atoms in total. The third kappa shape index (κ3) is 5.53. The fourth-order valence-corrected chi connectivity index (χ4v) is 2.48. The number of rotatable bonds is 3. The molecule has 1 fully saturated rings. The highest BCUT2D eigenvalue weighted by Crippen LogP contribution is 2.21. The van der Waals surface area contributed by atoms with E-state index in [1.807, 2.05) is 27.7 Å². The number of piperidine rings is 1. The maximum atomic E-state index is 12.1. The number of halogens is 1. The first-order valence-electron chi connectivity index (χ1n) is 7.84. The molecule has 1 atom stereocenters. The van der Waals surface area contributed by atoms with E-state index in [0.29, 0.717) is 18.3 Å². The molecule has 7 heteroatoms. The van der Waals surface area contributed by atoms with Crippen LogP contribution in [0, 0.1) is 12.8 Å². The standard InChI is InChI=1S/C16H24ClN3O3/c1-11-8-18-14(19-13(11)17)22-10-12-6-5-7-20(9-12)15(21)23-16(2,3)4/h8,12H,5-7,9-10H2,1-4H3/t12-/m1/s1. The Morgan fingerprint density at radius 2 is 2.22 bits per heavy atom. The molecular formula is C16H24ClN3O3. The fraction of sp³-hybridized carbons (Fsp3) is 0.688. The van der Waals surface area contributed by atoms with E-state index in [1.54, 1.807) is 11.1 Å². The predicted octanol–water partition coefficient (Wildman–Crippen LogP) is 3.46. The molecule has 0 radical (unpaired) electrons. The molecule has 1 aromatic rings. The third-order valence-electron chi connectivity index (χ3n) is 3.51. The van der Waals surface area contributed by atoms with Crippen LogP contribution in [0.15, 0.2) is 6.20 Å². The minimum Gasteiger partial charge on any atom is -0.463 e. The number of carbonyl (C=O) groups is 1. The summed E-state index contributed by atoms with van der Waals surface area (Å²) in [6, 6.07) is 0.273. The summed E-state index contributed by atoms with van der Waals surface area (Å²) in [4.78, 5) is 22.1. The summed E-state index contributed by atoms with van der Waals surface area (Å²) in [7, 11) is 0. The van der Waals surface area contributed by atoms with Crippen LogP contribution >= 0.6 is 11.6 Å². The molecule has 1 aliphatic heterocycles. The molecule has 0 aromatic carbocycles. The van der Waals surface area contributed by atoms with Gasteiger partial charge in [0, 0.05) is 30.8 Å². The zero-order valence-electron chi connectivity index (χ0n) is 14.1. The highest BCUT2D eigenvalue weighted by molar-refractivity contribution is 6.30. The molecule has 1 saturated heterocycles. The average Bonchev–Trinajstić information content (AvgIpc) is 2.47. The van der Waals surface area contributed by atoms with Gasteiger partial charge < -0.3 is 14.4 Å². The van der Waals surface area contributed by atoms with Gasteiger partial charge in [0.15, 0.2) is 0 Å². The highest BCUT2D eigenvalue weighted by atomic mass is 35.5. The van der Waals surface area contributed by atoms with Crippen molar-refractivity contribution in [3.05, 3.63) is 16.9 Å². The fourth-order valence-electron chi connectivity index (χ4n) is 2.36. The van der Waals surface area contributed by atoms with Crippen LogP contribution in [0.25, 0.3) is 0 Å². The maximum absolute atomic E-state index is 12.1. The molecule has 0 saturated carbocycles. The van der Waals surface area contributed by atoms with Crippen molar-refractivity contribution in [3.63, 3.8) is 0 Å². The lowest BCUT2D eigenvalue weighted by atomic mass is 9.99. The van der Waals surface area contributed by atoms with Crippen molar-refractivity contribution in [3.8, 4) is 6.01 Å². The van der Waals surface area contributed by atoms with E-state index < -0.39 is 5.60 Å². The molecule has 128 valence electrons.